The van der Waals surface area contributed by atoms with E-state index in [0.29, 0.717) is 24.9 Å². The molecule has 1 aliphatic carbocycles. The van der Waals surface area contributed by atoms with Gasteiger partial charge in [0.1, 0.15) is 0 Å². The zero-order valence-electron chi connectivity index (χ0n) is 17.3. The Kier molecular flexibility index (Phi) is 5.01. The van der Waals surface area contributed by atoms with Crippen LogP contribution in [0.15, 0.2) is 16.9 Å². The molecule has 0 aromatic carbocycles. The minimum absolute atomic E-state index is 0.0505. The van der Waals surface area contributed by atoms with E-state index in [2.05, 4.69) is 35.3 Å². The maximum absolute atomic E-state index is 13.2. The summed E-state index contributed by atoms with van der Waals surface area (Å²) in [6, 6.07) is 0.534. The van der Waals surface area contributed by atoms with E-state index in [4.69, 9.17) is 4.52 Å². The van der Waals surface area contributed by atoms with Gasteiger partial charge in [-0.25, -0.2) is 9.50 Å². The van der Waals surface area contributed by atoms with E-state index in [9.17, 15) is 22.0 Å². The SMILES string of the molecule is Cc1noc(N2CC3CC[C@@H](C2)[C@@H]3Nc2nc3c(OCC(F)(F)C(F)(F)F)nccn3n2)n1. The quantitative estimate of drug-likeness (QED) is 0.540. The average molecular weight is 474 g/mol. The first-order valence-electron chi connectivity index (χ1n) is 10.2. The zero-order valence-corrected chi connectivity index (χ0v) is 17.3. The number of nitrogens with zero attached hydrogens (tertiary/aromatic N) is 7. The number of hydrogen-bond acceptors (Lipinski definition) is 9. The van der Waals surface area contributed by atoms with Gasteiger partial charge in [0.15, 0.2) is 12.4 Å². The van der Waals surface area contributed by atoms with Gasteiger partial charge >= 0.3 is 18.1 Å². The van der Waals surface area contributed by atoms with Gasteiger partial charge in [-0.2, -0.15) is 31.9 Å². The minimum Gasteiger partial charge on any atom is -0.468 e. The fourth-order valence-electron chi connectivity index (χ4n) is 4.38. The van der Waals surface area contributed by atoms with Crippen LogP contribution in [0.4, 0.5) is 33.9 Å². The van der Waals surface area contributed by atoms with Crippen molar-refractivity contribution < 1.29 is 31.2 Å². The molecule has 10 nitrogen and oxygen atoms in total. The number of hydrogen-bond donors (Lipinski definition) is 1. The molecule has 2 aliphatic rings. The Morgan fingerprint density at radius 3 is 2.52 bits per heavy atom. The van der Waals surface area contributed by atoms with Crippen molar-refractivity contribution in [3.05, 3.63) is 18.2 Å². The summed E-state index contributed by atoms with van der Waals surface area (Å²) in [7, 11) is 0. The zero-order chi connectivity index (χ0) is 23.4. The van der Waals surface area contributed by atoms with Gasteiger partial charge in [0.2, 0.25) is 11.6 Å². The lowest BCUT2D eigenvalue weighted by Crippen LogP contribution is -2.48. The molecule has 5 rings (SSSR count). The van der Waals surface area contributed by atoms with Crippen molar-refractivity contribution in [2.24, 2.45) is 11.8 Å². The van der Waals surface area contributed by atoms with Crippen molar-refractivity contribution in [2.75, 3.05) is 29.9 Å². The maximum atomic E-state index is 13.2. The van der Waals surface area contributed by atoms with E-state index < -0.39 is 24.6 Å². The number of aryl methyl sites for hydroxylation is 1. The summed E-state index contributed by atoms with van der Waals surface area (Å²) >= 11 is 0. The molecule has 1 aliphatic heterocycles. The number of fused-ring (bicyclic) bond motifs is 3. The molecule has 0 spiro atoms. The summed E-state index contributed by atoms with van der Waals surface area (Å²) in [6.07, 6.45) is -1.20. The van der Waals surface area contributed by atoms with Crippen molar-refractivity contribution in [2.45, 2.75) is 37.9 Å². The van der Waals surface area contributed by atoms with E-state index >= 15 is 0 Å². The Morgan fingerprint density at radius 1 is 1.15 bits per heavy atom. The third-order valence-corrected chi connectivity index (χ3v) is 5.94. The topological polar surface area (TPSA) is 106 Å². The summed E-state index contributed by atoms with van der Waals surface area (Å²) in [5.41, 5.74) is -0.0657. The molecule has 3 aromatic rings. The fraction of sp³-hybridized carbons (Fsp3) is 0.611. The first-order valence-corrected chi connectivity index (χ1v) is 10.2. The molecule has 15 heteroatoms. The van der Waals surface area contributed by atoms with Crippen LogP contribution in [-0.4, -0.2) is 67.6 Å². The van der Waals surface area contributed by atoms with Gasteiger partial charge in [-0.1, -0.05) is 5.16 Å². The number of nitrogens with one attached hydrogen (secondary N) is 1. The number of ether oxygens (including phenoxy) is 1. The van der Waals surface area contributed by atoms with Crippen LogP contribution in [0.5, 0.6) is 5.88 Å². The molecule has 3 aromatic heterocycles. The number of halogens is 5. The van der Waals surface area contributed by atoms with Crippen molar-refractivity contribution in [3.8, 4) is 5.88 Å². The highest BCUT2D eigenvalue weighted by molar-refractivity contribution is 5.52. The van der Waals surface area contributed by atoms with Gasteiger partial charge in [-0.3, -0.25) is 0 Å². The molecular formula is C18H19F5N8O2. The molecule has 178 valence electrons. The highest BCUT2D eigenvalue weighted by Crippen LogP contribution is 2.40. The van der Waals surface area contributed by atoms with Crippen LogP contribution in [-0.2, 0) is 0 Å². The van der Waals surface area contributed by atoms with Gasteiger partial charge in [0, 0.05) is 31.5 Å². The second-order valence-electron chi connectivity index (χ2n) is 8.22. The Morgan fingerprint density at radius 2 is 1.88 bits per heavy atom. The lowest BCUT2D eigenvalue weighted by Gasteiger charge is -2.37. The molecule has 0 amide bonds. The number of piperidine rings is 1. The van der Waals surface area contributed by atoms with Crippen LogP contribution >= 0.6 is 0 Å². The van der Waals surface area contributed by atoms with Crippen molar-refractivity contribution in [1.82, 2.24) is 29.7 Å². The fourth-order valence-corrected chi connectivity index (χ4v) is 4.38. The molecule has 1 saturated heterocycles. The lowest BCUT2D eigenvalue weighted by molar-refractivity contribution is -0.290. The Labute approximate surface area is 183 Å². The van der Waals surface area contributed by atoms with Crippen molar-refractivity contribution in [1.29, 1.82) is 0 Å². The van der Waals surface area contributed by atoms with Crippen LogP contribution < -0.4 is 15.0 Å². The first-order chi connectivity index (χ1) is 15.6. The summed E-state index contributed by atoms with van der Waals surface area (Å²) in [6.45, 7) is 1.25. The van der Waals surface area contributed by atoms with Gasteiger partial charge < -0.3 is 19.5 Å². The molecular weight excluding hydrogens is 455 g/mol. The number of anilines is 2. The van der Waals surface area contributed by atoms with Crippen molar-refractivity contribution in [3.63, 3.8) is 0 Å². The van der Waals surface area contributed by atoms with Crippen LogP contribution in [0, 0.1) is 18.8 Å². The molecule has 1 saturated carbocycles. The number of alkyl halides is 5. The second-order valence-corrected chi connectivity index (χ2v) is 8.22. The lowest BCUT2D eigenvalue weighted by atomic mass is 9.92. The predicted octanol–water partition coefficient (Wildman–Crippen LogP) is 2.72. The number of aromatic nitrogens is 6. The third kappa shape index (κ3) is 3.99. The maximum Gasteiger partial charge on any atom is 0.456 e. The normalized spacial score (nSPS) is 23.3. The molecule has 2 fully saturated rings. The third-order valence-electron chi connectivity index (χ3n) is 5.94. The van der Waals surface area contributed by atoms with E-state index in [0.717, 1.165) is 12.8 Å². The Bertz CT molecular complexity index is 1130. The highest BCUT2D eigenvalue weighted by Gasteiger charge is 2.58. The predicted molar refractivity (Wildman–Crippen MR) is 102 cm³/mol. The van der Waals surface area contributed by atoms with E-state index in [-0.39, 0.29) is 29.5 Å². The molecule has 0 radical (unpaired) electrons. The summed E-state index contributed by atoms with van der Waals surface area (Å²) in [5.74, 6) is -4.21. The van der Waals surface area contributed by atoms with E-state index in [1.165, 1.54) is 16.9 Å². The van der Waals surface area contributed by atoms with Crippen LogP contribution in [0.3, 0.4) is 0 Å². The largest absolute Gasteiger partial charge is 0.468 e. The molecule has 1 N–H and O–H groups in total. The molecule has 2 bridgehead atoms. The van der Waals surface area contributed by atoms with Crippen LogP contribution in [0.2, 0.25) is 0 Å². The van der Waals surface area contributed by atoms with Crippen LogP contribution in [0.1, 0.15) is 18.7 Å². The monoisotopic (exact) mass is 474 g/mol. The van der Waals surface area contributed by atoms with E-state index in [1.807, 2.05) is 4.90 Å². The van der Waals surface area contributed by atoms with Gasteiger partial charge in [-0.15, -0.1) is 5.10 Å². The molecule has 3 atom stereocenters. The Hall–Kier alpha value is -3.26. The standard InChI is InChI=1S/C18H19F5N8O2/c1-9-25-16(33-29-9)30-6-10-2-3-11(7-30)12(10)26-15-27-13-14(24-4-5-31(13)28-15)32-8-17(19,20)18(21,22)23/h4-5,10-12H,2-3,6-8H2,1H3,(H,26,28)/t10-,11?,12-/m0/s1. The Balaban J connectivity index is 1.30. The van der Waals surface area contributed by atoms with Crippen molar-refractivity contribution >= 4 is 17.6 Å². The van der Waals surface area contributed by atoms with E-state index in [1.54, 1.807) is 6.92 Å². The van der Waals surface area contributed by atoms with Gasteiger partial charge in [0.05, 0.1) is 0 Å². The molecule has 1 unspecified atom stereocenters. The minimum atomic E-state index is -5.73. The smallest absolute Gasteiger partial charge is 0.456 e. The highest BCUT2D eigenvalue weighted by atomic mass is 19.4. The second kappa shape index (κ2) is 7.66. The van der Waals surface area contributed by atoms with Gasteiger partial charge in [-0.05, 0) is 31.6 Å². The summed E-state index contributed by atoms with van der Waals surface area (Å²) in [4.78, 5) is 14.3. The summed E-state index contributed by atoms with van der Waals surface area (Å²) < 4.78 is 74.9. The molecule has 33 heavy (non-hydrogen) atoms. The first kappa shape index (κ1) is 21.6. The van der Waals surface area contributed by atoms with Gasteiger partial charge in [0.25, 0.3) is 5.88 Å². The van der Waals surface area contributed by atoms with Crippen LogP contribution in [0.25, 0.3) is 5.65 Å². The average Bonchev–Trinajstić information content (AvgIpc) is 3.41. The number of rotatable bonds is 6. The summed E-state index contributed by atoms with van der Waals surface area (Å²) in [5, 5.41) is 11.4. The molecule has 4 heterocycles.